The standard InChI is InChI=1S/C28H36ClN3O5/c1-16-9-7-12-21(29)23(16)31-25(34)24(19-13-14-22(33)17(2)15-19)32(20-10-8-11-20)26(35)18(3)30-27(36)37-28(4,5)6/h7,9,12-15,18,20,24,33H,8,10-11H2,1-6H3,(H,30,36)(H,31,34). The highest BCUT2D eigenvalue weighted by molar-refractivity contribution is 6.34. The minimum Gasteiger partial charge on any atom is -0.508 e. The molecule has 3 amide bonds. The number of phenolic OH excluding ortho intramolecular Hbond substituents is 1. The molecule has 9 heteroatoms. The number of amides is 3. The number of carbonyl (C=O) groups is 3. The molecule has 0 heterocycles. The van der Waals surface area contributed by atoms with Crippen LogP contribution in [0.2, 0.25) is 5.02 Å². The molecule has 1 saturated carbocycles. The molecule has 0 aliphatic heterocycles. The number of carbonyl (C=O) groups excluding carboxylic acids is 3. The first-order chi connectivity index (χ1) is 17.3. The predicted octanol–water partition coefficient (Wildman–Crippen LogP) is 5.64. The average molecular weight is 530 g/mol. The molecule has 1 aliphatic rings. The quantitative estimate of drug-likeness (QED) is 0.430. The number of benzene rings is 2. The maximum Gasteiger partial charge on any atom is 0.408 e. The predicted molar refractivity (Wildman–Crippen MR) is 144 cm³/mol. The summed E-state index contributed by atoms with van der Waals surface area (Å²) < 4.78 is 5.32. The van der Waals surface area contributed by atoms with Crippen LogP contribution in [0.1, 0.15) is 69.7 Å². The van der Waals surface area contributed by atoms with Crippen molar-refractivity contribution in [2.75, 3.05) is 5.32 Å². The van der Waals surface area contributed by atoms with Crippen LogP contribution in [0.4, 0.5) is 10.5 Å². The summed E-state index contributed by atoms with van der Waals surface area (Å²) in [5.74, 6) is -0.755. The van der Waals surface area contributed by atoms with Crippen LogP contribution in [-0.2, 0) is 14.3 Å². The third-order valence-corrected chi connectivity index (χ3v) is 6.67. The normalized spacial score (nSPS) is 15.2. The third-order valence-electron chi connectivity index (χ3n) is 6.36. The number of hydrogen-bond acceptors (Lipinski definition) is 5. The number of aryl methyl sites for hydroxylation is 2. The number of alkyl carbamates (subject to hydrolysis) is 1. The molecule has 1 fully saturated rings. The lowest BCUT2D eigenvalue weighted by Crippen LogP contribution is -2.56. The summed E-state index contributed by atoms with van der Waals surface area (Å²) in [6.07, 6.45) is 1.68. The van der Waals surface area contributed by atoms with Gasteiger partial charge in [-0.05, 0) is 95.7 Å². The van der Waals surface area contributed by atoms with Crippen LogP contribution in [0.3, 0.4) is 0 Å². The van der Waals surface area contributed by atoms with E-state index < -0.39 is 35.6 Å². The third kappa shape index (κ3) is 6.95. The van der Waals surface area contributed by atoms with Crippen LogP contribution in [0.5, 0.6) is 5.75 Å². The van der Waals surface area contributed by atoms with E-state index in [9.17, 15) is 19.5 Å². The van der Waals surface area contributed by atoms with Crippen molar-refractivity contribution >= 4 is 35.2 Å². The van der Waals surface area contributed by atoms with Crippen molar-refractivity contribution < 1.29 is 24.2 Å². The van der Waals surface area contributed by atoms with Crippen LogP contribution < -0.4 is 10.6 Å². The molecule has 0 spiro atoms. The SMILES string of the molecule is Cc1cc(C(C(=O)Nc2c(C)cccc2Cl)N(C(=O)C(C)NC(=O)OC(C)(C)C)C2CCC2)ccc1O. The van der Waals surface area contributed by atoms with Crippen LogP contribution in [-0.4, -0.2) is 45.6 Å². The zero-order valence-corrected chi connectivity index (χ0v) is 23.0. The summed E-state index contributed by atoms with van der Waals surface area (Å²) in [5.41, 5.74) is 1.64. The largest absolute Gasteiger partial charge is 0.508 e. The number of para-hydroxylation sites is 1. The summed E-state index contributed by atoms with van der Waals surface area (Å²) in [6.45, 7) is 10.4. The van der Waals surface area contributed by atoms with E-state index in [4.69, 9.17) is 16.3 Å². The second-order valence-electron chi connectivity index (χ2n) is 10.6. The highest BCUT2D eigenvalue weighted by atomic mass is 35.5. The molecule has 3 N–H and O–H groups in total. The Kier molecular flexibility index (Phi) is 8.74. The smallest absolute Gasteiger partial charge is 0.408 e. The highest BCUT2D eigenvalue weighted by Crippen LogP contribution is 2.36. The van der Waals surface area contributed by atoms with Crippen molar-refractivity contribution in [3.8, 4) is 5.75 Å². The van der Waals surface area contributed by atoms with Crippen molar-refractivity contribution in [1.82, 2.24) is 10.2 Å². The van der Waals surface area contributed by atoms with Gasteiger partial charge in [0.2, 0.25) is 5.91 Å². The van der Waals surface area contributed by atoms with Crippen molar-refractivity contribution in [3.05, 3.63) is 58.1 Å². The van der Waals surface area contributed by atoms with Crippen LogP contribution >= 0.6 is 11.6 Å². The van der Waals surface area contributed by atoms with E-state index in [0.29, 0.717) is 21.8 Å². The van der Waals surface area contributed by atoms with Gasteiger partial charge in [0.1, 0.15) is 23.4 Å². The molecule has 0 aromatic heterocycles. The van der Waals surface area contributed by atoms with Crippen molar-refractivity contribution in [1.29, 1.82) is 0 Å². The maximum absolute atomic E-state index is 13.9. The van der Waals surface area contributed by atoms with Gasteiger partial charge in [0.25, 0.3) is 5.91 Å². The Balaban J connectivity index is 2.01. The Morgan fingerprint density at radius 1 is 1.11 bits per heavy atom. The summed E-state index contributed by atoms with van der Waals surface area (Å²) in [6, 6.07) is 8.02. The first kappa shape index (κ1) is 28.3. The molecule has 200 valence electrons. The first-order valence-corrected chi connectivity index (χ1v) is 12.8. The molecule has 2 aromatic carbocycles. The van der Waals surface area contributed by atoms with E-state index in [1.165, 1.54) is 6.07 Å². The van der Waals surface area contributed by atoms with E-state index in [-0.39, 0.29) is 11.8 Å². The second-order valence-corrected chi connectivity index (χ2v) is 11.0. The fourth-order valence-electron chi connectivity index (χ4n) is 4.22. The molecule has 3 rings (SSSR count). The van der Waals surface area contributed by atoms with Crippen LogP contribution in [0.25, 0.3) is 0 Å². The molecule has 37 heavy (non-hydrogen) atoms. The lowest BCUT2D eigenvalue weighted by atomic mass is 9.88. The topological polar surface area (TPSA) is 108 Å². The van der Waals surface area contributed by atoms with Crippen LogP contribution in [0.15, 0.2) is 36.4 Å². The summed E-state index contributed by atoms with van der Waals surface area (Å²) >= 11 is 6.38. The number of nitrogens with zero attached hydrogens (tertiary/aromatic N) is 1. The number of hydrogen-bond donors (Lipinski definition) is 3. The van der Waals surface area contributed by atoms with E-state index in [2.05, 4.69) is 10.6 Å². The molecule has 1 aliphatic carbocycles. The summed E-state index contributed by atoms with van der Waals surface area (Å²) in [5, 5.41) is 16.0. The van der Waals surface area contributed by atoms with Gasteiger partial charge in [0.15, 0.2) is 0 Å². The molecule has 2 unspecified atom stereocenters. The van der Waals surface area contributed by atoms with E-state index in [1.807, 2.05) is 13.0 Å². The van der Waals surface area contributed by atoms with E-state index in [0.717, 1.165) is 24.8 Å². The van der Waals surface area contributed by atoms with Gasteiger partial charge >= 0.3 is 6.09 Å². The van der Waals surface area contributed by atoms with Gasteiger partial charge in [0.05, 0.1) is 10.7 Å². The molecule has 2 atom stereocenters. The fourth-order valence-corrected chi connectivity index (χ4v) is 4.49. The Morgan fingerprint density at radius 3 is 2.32 bits per heavy atom. The van der Waals surface area contributed by atoms with Gasteiger partial charge in [0, 0.05) is 6.04 Å². The van der Waals surface area contributed by atoms with Gasteiger partial charge in [-0.15, -0.1) is 0 Å². The molecular formula is C28H36ClN3O5. The number of aromatic hydroxyl groups is 1. The fraction of sp³-hybridized carbons (Fsp3) is 0.464. The average Bonchev–Trinajstić information content (AvgIpc) is 2.75. The van der Waals surface area contributed by atoms with E-state index >= 15 is 0 Å². The Labute approximate surface area is 223 Å². The minimum absolute atomic E-state index is 0.0892. The van der Waals surface area contributed by atoms with Gasteiger partial charge < -0.3 is 25.4 Å². The zero-order valence-electron chi connectivity index (χ0n) is 22.2. The highest BCUT2D eigenvalue weighted by Gasteiger charge is 2.41. The minimum atomic E-state index is -1.02. The van der Waals surface area contributed by atoms with Crippen LogP contribution in [0, 0.1) is 13.8 Å². The number of anilines is 1. The Morgan fingerprint density at radius 2 is 1.78 bits per heavy atom. The van der Waals surface area contributed by atoms with Gasteiger partial charge in [-0.3, -0.25) is 9.59 Å². The zero-order chi connectivity index (χ0) is 27.5. The number of halogens is 1. The Hall–Kier alpha value is -3.26. The van der Waals surface area contributed by atoms with E-state index in [1.54, 1.807) is 63.8 Å². The lowest BCUT2D eigenvalue weighted by Gasteiger charge is -2.43. The molecule has 0 saturated heterocycles. The number of rotatable bonds is 7. The Bertz CT molecular complexity index is 1150. The van der Waals surface area contributed by atoms with Crippen molar-refractivity contribution in [2.24, 2.45) is 0 Å². The van der Waals surface area contributed by atoms with Crippen molar-refractivity contribution in [3.63, 3.8) is 0 Å². The summed E-state index contributed by atoms with van der Waals surface area (Å²) in [7, 11) is 0. The second kappa shape index (κ2) is 11.4. The van der Waals surface area contributed by atoms with Gasteiger partial charge in [-0.1, -0.05) is 29.8 Å². The van der Waals surface area contributed by atoms with Crippen molar-refractivity contribution in [2.45, 2.75) is 84.5 Å². The number of nitrogens with one attached hydrogen (secondary N) is 2. The van der Waals surface area contributed by atoms with Gasteiger partial charge in [-0.25, -0.2) is 4.79 Å². The molecule has 0 radical (unpaired) electrons. The monoisotopic (exact) mass is 529 g/mol. The summed E-state index contributed by atoms with van der Waals surface area (Å²) in [4.78, 5) is 41.7. The molecular weight excluding hydrogens is 494 g/mol. The maximum atomic E-state index is 13.9. The molecule has 2 aromatic rings. The molecule has 0 bridgehead atoms. The van der Waals surface area contributed by atoms with Gasteiger partial charge in [-0.2, -0.15) is 0 Å². The molecule has 8 nitrogen and oxygen atoms in total. The first-order valence-electron chi connectivity index (χ1n) is 12.5. The number of ether oxygens (including phenoxy) is 1. The lowest BCUT2D eigenvalue weighted by molar-refractivity contribution is -0.145. The number of phenols is 1.